The van der Waals surface area contributed by atoms with Crippen LogP contribution in [0.3, 0.4) is 0 Å². The largest absolute Gasteiger partial charge is 0.378 e. The van der Waals surface area contributed by atoms with E-state index < -0.39 is 23.7 Å². The zero-order valence-electron chi connectivity index (χ0n) is 24.4. The quantitative estimate of drug-likeness (QED) is 0.251. The molecule has 4 heterocycles. The van der Waals surface area contributed by atoms with Gasteiger partial charge < -0.3 is 25.2 Å². The lowest BCUT2D eigenvalue weighted by Crippen LogP contribution is -2.37. The summed E-state index contributed by atoms with van der Waals surface area (Å²) in [5.41, 5.74) is 3.22. The van der Waals surface area contributed by atoms with Crippen molar-refractivity contribution in [3.63, 3.8) is 0 Å². The minimum atomic E-state index is -0.740. The third-order valence-electron chi connectivity index (χ3n) is 7.16. The number of aromatic nitrogens is 4. The number of ether oxygens (including phenoxy) is 1. The Morgan fingerprint density at radius 3 is 2.33 bits per heavy atom. The smallest absolute Gasteiger partial charge is 0.323 e. The predicted octanol–water partition coefficient (Wildman–Crippen LogP) is 5.21. The van der Waals surface area contributed by atoms with Crippen LogP contribution in [-0.2, 0) is 4.74 Å². The van der Waals surface area contributed by atoms with Crippen LogP contribution < -0.4 is 15.5 Å². The minimum absolute atomic E-state index is 0.0922. The molecule has 2 aromatic carbocycles. The fraction of sp³-hybridized carbons (Fsp3) is 0.188. The lowest BCUT2D eigenvalue weighted by Gasteiger charge is -2.28. The molecular formula is C32H28F2N8O3. The van der Waals surface area contributed by atoms with Crippen LogP contribution in [0.25, 0.3) is 33.5 Å². The zero-order valence-corrected chi connectivity index (χ0v) is 24.4. The third kappa shape index (κ3) is 6.38. The summed E-state index contributed by atoms with van der Waals surface area (Å²) in [6.07, 6.45) is 2.98. The summed E-state index contributed by atoms with van der Waals surface area (Å²) in [6, 6.07) is 15.2. The van der Waals surface area contributed by atoms with Gasteiger partial charge in [-0.25, -0.2) is 24.1 Å². The van der Waals surface area contributed by atoms with Crippen molar-refractivity contribution >= 4 is 40.2 Å². The summed E-state index contributed by atoms with van der Waals surface area (Å²) in [5.74, 6) is -0.752. The van der Waals surface area contributed by atoms with Gasteiger partial charge in [0.15, 0.2) is 11.6 Å². The van der Waals surface area contributed by atoms with Crippen LogP contribution in [0, 0.1) is 11.8 Å². The lowest BCUT2D eigenvalue weighted by molar-refractivity contribution is 0.0823. The van der Waals surface area contributed by atoms with E-state index in [9.17, 15) is 18.4 Å². The fourth-order valence-corrected chi connectivity index (χ4v) is 4.88. The van der Waals surface area contributed by atoms with Gasteiger partial charge in [0.1, 0.15) is 11.3 Å². The molecule has 0 bridgehead atoms. The second-order valence-electron chi connectivity index (χ2n) is 10.5. The molecule has 0 aliphatic carbocycles. The highest BCUT2D eigenvalue weighted by molar-refractivity contribution is 6.00. The average Bonchev–Trinajstić information content (AvgIpc) is 3.04. The Morgan fingerprint density at radius 2 is 1.62 bits per heavy atom. The molecule has 1 aliphatic heterocycles. The van der Waals surface area contributed by atoms with Crippen molar-refractivity contribution in [2.45, 2.75) is 0 Å². The van der Waals surface area contributed by atoms with Gasteiger partial charge in [0.2, 0.25) is 5.95 Å². The van der Waals surface area contributed by atoms with Crippen molar-refractivity contribution < 1.29 is 23.1 Å². The molecular weight excluding hydrogens is 582 g/mol. The van der Waals surface area contributed by atoms with E-state index in [0.717, 1.165) is 6.07 Å². The number of carbonyl (C=O) groups excluding carboxylic acids is 2. The Kier molecular flexibility index (Phi) is 8.25. The highest BCUT2D eigenvalue weighted by Crippen LogP contribution is 2.31. The maximum Gasteiger partial charge on any atom is 0.323 e. The van der Waals surface area contributed by atoms with E-state index in [4.69, 9.17) is 14.7 Å². The highest BCUT2D eigenvalue weighted by Gasteiger charge is 2.20. The Bertz CT molecular complexity index is 1900. The van der Waals surface area contributed by atoms with Crippen LogP contribution in [-0.4, -0.2) is 77.2 Å². The molecule has 13 heteroatoms. The number of pyridine rings is 2. The summed E-state index contributed by atoms with van der Waals surface area (Å²) in [7, 11) is 3.06. The first kappa shape index (κ1) is 29.5. The summed E-state index contributed by atoms with van der Waals surface area (Å²) in [6.45, 7) is 2.35. The molecule has 0 spiro atoms. The summed E-state index contributed by atoms with van der Waals surface area (Å²) >= 11 is 0. The molecule has 3 aromatic heterocycles. The van der Waals surface area contributed by atoms with Gasteiger partial charge in [-0.2, -0.15) is 4.39 Å². The van der Waals surface area contributed by atoms with E-state index in [1.54, 1.807) is 48.7 Å². The molecule has 0 unspecified atom stereocenters. The normalized spacial score (nSPS) is 13.0. The number of amides is 3. The number of urea groups is 1. The molecule has 3 amide bonds. The monoisotopic (exact) mass is 610 g/mol. The van der Waals surface area contributed by atoms with Gasteiger partial charge in [-0.1, -0.05) is 0 Å². The van der Waals surface area contributed by atoms with Gasteiger partial charge in [0, 0.05) is 67.6 Å². The van der Waals surface area contributed by atoms with Gasteiger partial charge in [-0.15, -0.1) is 0 Å². The standard InChI is InChI=1S/C32H28F2N8O3/c1-41(2)31(43)24-10-9-22(17-25(24)33)38-32(44)37-21-7-5-19(6-8-21)29-39-26-16-20(23-4-3-11-35-28(23)34)18-36-27(26)30(40-29)42-12-14-45-15-13-42/h3-11,16-18H,12-15H2,1-2H3,(H2,37,38,44). The van der Waals surface area contributed by atoms with E-state index in [1.807, 2.05) is 0 Å². The fourth-order valence-electron chi connectivity index (χ4n) is 4.88. The number of nitrogens with zero attached hydrogens (tertiary/aromatic N) is 6. The number of nitrogens with one attached hydrogen (secondary N) is 2. The van der Waals surface area contributed by atoms with Gasteiger partial charge in [-0.05, 0) is 60.7 Å². The molecule has 2 N–H and O–H groups in total. The first-order valence-electron chi connectivity index (χ1n) is 14.1. The average molecular weight is 611 g/mol. The molecule has 11 nitrogen and oxygen atoms in total. The summed E-state index contributed by atoms with van der Waals surface area (Å²) in [5, 5.41) is 5.27. The third-order valence-corrected chi connectivity index (χ3v) is 7.16. The van der Waals surface area contributed by atoms with Crippen molar-refractivity contribution in [1.82, 2.24) is 24.8 Å². The van der Waals surface area contributed by atoms with Crippen molar-refractivity contribution in [2.75, 3.05) is 55.9 Å². The van der Waals surface area contributed by atoms with Crippen LogP contribution >= 0.6 is 0 Å². The van der Waals surface area contributed by atoms with Crippen LogP contribution in [0.15, 0.2) is 73.1 Å². The van der Waals surface area contributed by atoms with E-state index >= 15 is 0 Å². The molecule has 228 valence electrons. The van der Waals surface area contributed by atoms with E-state index in [-0.39, 0.29) is 11.3 Å². The van der Waals surface area contributed by atoms with Crippen LogP contribution in [0.5, 0.6) is 0 Å². The zero-order chi connectivity index (χ0) is 31.5. The van der Waals surface area contributed by atoms with Crippen LogP contribution in [0.2, 0.25) is 0 Å². The van der Waals surface area contributed by atoms with Crippen LogP contribution in [0.4, 0.5) is 30.8 Å². The van der Waals surface area contributed by atoms with E-state index in [2.05, 4.69) is 25.5 Å². The maximum absolute atomic E-state index is 14.5. The van der Waals surface area contributed by atoms with E-state index in [1.165, 1.54) is 37.3 Å². The Morgan fingerprint density at radius 1 is 0.889 bits per heavy atom. The van der Waals surface area contributed by atoms with Crippen LogP contribution in [0.1, 0.15) is 10.4 Å². The molecule has 1 saturated heterocycles. The topological polar surface area (TPSA) is 125 Å². The van der Waals surface area contributed by atoms with Gasteiger partial charge in [-0.3, -0.25) is 9.78 Å². The number of carbonyl (C=O) groups is 2. The first-order valence-corrected chi connectivity index (χ1v) is 14.1. The van der Waals surface area contributed by atoms with Crippen molar-refractivity contribution in [1.29, 1.82) is 0 Å². The Hall–Kier alpha value is -5.56. The van der Waals surface area contributed by atoms with E-state index in [0.29, 0.717) is 71.4 Å². The summed E-state index contributed by atoms with van der Waals surface area (Å²) in [4.78, 5) is 46.0. The number of hydrogen-bond acceptors (Lipinski definition) is 8. The minimum Gasteiger partial charge on any atom is -0.378 e. The number of anilines is 3. The molecule has 5 aromatic rings. The molecule has 1 aliphatic rings. The molecule has 1 fully saturated rings. The molecule has 0 saturated carbocycles. The number of hydrogen-bond donors (Lipinski definition) is 2. The SMILES string of the molecule is CN(C)C(=O)c1ccc(NC(=O)Nc2ccc(-c3nc(N4CCOCC4)c4ncc(-c5cccnc5F)cc4n3)cc2)cc1F. The number of fused-ring (bicyclic) bond motifs is 1. The number of benzene rings is 2. The van der Waals surface area contributed by atoms with Crippen molar-refractivity contribution in [3.8, 4) is 22.5 Å². The summed E-state index contributed by atoms with van der Waals surface area (Å²) < 4.78 is 34.4. The van der Waals surface area contributed by atoms with Gasteiger partial charge >= 0.3 is 6.03 Å². The predicted molar refractivity (Wildman–Crippen MR) is 166 cm³/mol. The van der Waals surface area contributed by atoms with Crippen molar-refractivity contribution in [2.24, 2.45) is 0 Å². The second-order valence-corrected chi connectivity index (χ2v) is 10.5. The first-order chi connectivity index (χ1) is 21.8. The Balaban J connectivity index is 1.25. The highest BCUT2D eigenvalue weighted by atomic mass is 19.1. The Labute approximate surface area is 256 Å². The van der Waals surface area contributed by atoms with Gasteiger partial charge in [0.05, 0.1) is 24.3 Å². The molecule has 45 heavy (non-hydrogen) atoms. The number of halogens is 2. The van der Waals surface area contributed by atoms with Crippen molar-refractivity contribution in [3.05, 3.63) is 90.4 Å². The second kappa shape index (κ2) is 12.6. The number of rotatable bonds is 6. The molecule has 0 atom stereocenters. The lowest BCUT2D eigenvalue weighted by atomic mass is 10.1. The molecule has 0 radical (unpaired) electrons. The molecule has 6 rings (SSSR count). The maximum atomic E-state index is 14.5. The number of morpholine rings is 1. The van der Waals surface area contributed by atoms with Gasteiger partial charge in [0.25, 0.3) is 5.91 Å².